The van der Waals surface area contributed by atoms with E-state index in [1.54, 1.807) is 0 Å². The van der Waals surface area contributed by atoms with Gasteiger partial charge in [0.1, 0.15) is 0 Å². The van der Waals surface area contributed by atoms with Gasteiger partial charge >= 0.3 is 0 Å². The summed E-state index contributed by atoms with van der Waals surface area (Å²) in [6.07, 6.45) is 7.26. The number of nitrogens with zero attached hydrogens (tertiary/aromatic N) is 2. The lowest BCUT2D eigenvalue weighted by atomic mass is 10.1. The maximum Gasteiger partial charge on any atom is 0.150 e. The minimum absolute atomic E-state index is 0.0760. The summed E-state index contributed by atoms with van der Waals surface area (Å²) < 4.78 is 8.91. The van der Waals surface area contributed by atoms with Gasteiger partial charge in [0.2, 0.25) is 0 Å². The highest BCUT2D eigenvalue weighted by Gasteiger charge is 2.20. The number of hydrogen-bond donors (Lipinski definition) is 0. The predicted molar refractivity (Wildman–Crippen MR) is 81.1 cm³/mol. The maximum absolute atomic E-state index is 5.83. The van der Waals surface area contributed by atoms with Gasteiger partial charge in [-0.1, -0.05) is 12.7 Å². The summed E-state index contributed by atoms with van der Waals surface area (Å²) in [4.78, 5) is 0. The molecule has 0 saturated carbocycles. The van der Waals surface area contributed by atoms with Crippen LogP contribution in [0.4, 0.5) is 0 Å². The van der Waals surface area contributed by atoms with Crippen molar-refractivity contribution >= 4 is 32.9 Å². The Labute approximate surface area is 121 Å². The second-order valence-corrected chi connectivity index (χ2v) is 5.76. The van der Waals surface area contributed by atoms with Crippen LogP contribution in [0.1, 0.15) is 36.6 Å². The number of fused-ring (bicyclic) bond motifs is 1. The highest BCUT2D eigenvalue weighted by Crippen LogP contribution is 2.34. The number of hydrogen-bond acceptors (Lipinski definition) is 2. The Kier molecular flexibility index (Phi) is 3.46. The topological polar surface area (TPSA) is 27.1 Å². The van der Waals surface area contributed by atoms with Gasteiger partial charge in [-0.05, 0) is 59.3 Å². The van der Waals surface area contributed by atoms with Crippen molar-refractivity contribution in [2.75, 3.05) is 6.61 Å². The van der Waals surface area contributed by atoms with Crippen molar-refractivity contribution in [2.45, 2.75) is 32.4 Å². The van der Waals surface area contributed by atoms with Crippen LogP contribution in [0.15, 0.2) is 23.3 Å². The number of benzene rings is 1. The fourth-order valence-corrected chi connectivity index (χ4v) is 3.46. The second kappa shape index (κ2) is 5.10. The molecule has 4 heteroatoms. The third-order valence-electron chi connectivity index (χ3n) is 3.72. The van der Waals surface area contributed by atoms with Crippen LogP contribution in [0.3, 0.4) is 0 Å². The third-order valence-corrected chi connectivity index (χ3v) is 4.57. The summed E-state index contributed by atoms with van der Waals surface area (Å²) in [5, 5.41) is 5.64. The molecule has 0 amide bonds. The summed E-state index contributed by atoms with van der Waals surface area (Å²) in [5.74, 6) is 0. The molecule has 3 nitrogen and oxygen atoms in total. The highest BCUT2D eigenvalue weighted by molar-refractivity contribution is 9.10. The Morgan fingerprint density at radius 1 is 1.53 bits per heavy atom. The molecule has 0 spiro atoms. The highest BCUT2D eigenvalue weighted by atomic mass is 79.9. The first-order valence-electron chi connectivity index (χ1n) is 6.62. The van der Waals surface area contributed by atoms with Gasteiger partial charge in [-0.25, -0.2) is 4.68 Å². The third kappa shape index (κ3) is 2.13. The molecule has 3 rings (SSSR count). The minimum atomic E-state index is 0.0760. The van der Waals surface area contributed by atoms with Crippen molar-refractivity contribution in [2.24, 2.45) is 0 Å². The number of ether oxygens (including phenoxy) is 1. The number of rotatable bonds is 2. The van der Waals surface area contributed by atoms with E-state index in [0.29, 0.717) is 0 Å². The van der Waals surface area contributed by atoms with Crippen LogP contribution >= 0.6 is 15.9 Å². The Balaban J connectivity index is 2.15. The van der Waals surface area contributed by atoms with E-state index in [1.165, 1.54) is 12.0 Å². The lowest BCUT2D eigenvalue weighted by Crippen LogP contribution is -2.19. The molecule has 1 aromatic carbocycles. The zero-order chi connectivity index (χ0) is 13.4. The Bertz CT molecular complexity index is 627. The van der Waals surface area contributed by atoms with Crippen molar-refractivity contribution in [3.63, 3.8) is 0 Å². The molecule has 19 heavy (non-hydrogen) atoms. The van der Waals surface area contributed by atoms with Crippen LogP contribution in [0.25, 0.3) is 17.0 Å². The van der Waals surface area contributed by atoms with E-state index in [-0.39, 0.29) is 6.23 Å². The fraction of sp³-hybridized carbons (Fsp3) is 0.400. The molecule has 2 aromatic rings. The molecule has 0 radical (unpaired) electrons. The number of aromatic nitrogens is 2. The molecular weight excluding hydrogens is 304 g/mol. The van der Waals surface area contributed by atoms with Gasteiger partial charge in [-0.3, -0.25) is 0 Å². The normalized spacial score (nSPS) is 19.8. The zero-order valence-electron chi connectivity index (χ0n) is 11.0. The van der Waals surface area contributed by atoms with Gasteiger partial charge in [0.15, 0.2) is 6.23 Å². The van der Waals surface area contributed by atoms with Crippen molar-refractivity contribution in [3.05, 3.63) is 34.4 Å². The van der Waals surface area contributed by atoms with E-state index in [0.717, 1.165) is 40.4 Å². The van der Waals surface area contributed by atoms with E-state index in [9.17, 15) is 0 Å². The molecule has 0 N–H and O–H groups in total. The summed E-state index contributed by atoms with van der Waals surface area (Å²) in [6.45, 7) is 6.80. The van der Waals surface area contributed by atoms with Crippen LogP contribution < -0.4 is 0 Å². The number of halogens is 1. The van der Waals surface area contributed by atoms with E-state index in [4.69, 9.17) is 4.74 Å². The van der Waals surface area contributed by atoms with Gasteiger partial charge in [-0.15, -0.1) is 0 Å². The first-order valence-corrected chi connectivity index (χ1v) is 7.42. The molecule has 2 heterocycles. The Hall–Kier alpha value is -1.13. The minimum Gasteiger partial charge on any atom is -0.356 e. The lowest BCUT2D eigenvalue weighted by Gasteiger charge is -2.23. The van der Waals surface area contributed by atoms with Crippen molar-refractivity contribution in [1.29, 1.82) is 0 Å². The Morgan fingerprint density at radius 2 is 2.37 bits per heavy atom. The molecule has 1 aliphatic rings. The van der Waals surface area contributed by atoms with Gasteiger partial charge in [0, 0.05) is 16.5 Å². The van der Waals surface area contributed by atoms with Crippen molar-refractivity contribution in [3.8, 4) is 0 Å². The van der Waals surface area contributed by atoms with E-state index >= 15 is 0 Å². The lowest BCUT2D eigenvalue weighted by molar-refractivity contribution is -0.0366. The van der Waals surface area contributed by atoms with Crippen molar-refractivity contribution < 1.29 is 4.74 Å². The van der Waals surface area contributed by atoms with Gasteiger partial charge in [0.25, 0.3) is 0 Å². The van der Waals surface area contributed by atoms with Gasteiger partial charge < -0.3 is 4.74 Å². The first kappa shape index (κ1) is 12.9. The molecule has 1 unspecified atom stereocenters. The standard InChI is InChI=1S/C15H17BrN2O/c1-3-11-10(2)8-13-12(15(11)16)9-17-18(13)14-6-4-5-7-19-14/h3,8-9,14H,1,4-7H2,2H3. The molecule has 0 bridgehead atoms. The predicted octanol–water partition coefficient (Wildman–Crippen LogP) is 4.45. The average molecular weight is 321 g/mol. The molecule has 1 fully saturated rings. The monoisotopic (exact) mass is 320 g/mol. The Morgan fingerprint density at radius 3 is 3.05 bits per heavy atom. The fourth-order valence-electron chi connectivity index (χ4n) is 2.68. The quantitative estimate of drug-likeness (QED) is 0.817. The first-order chi connectivity index (χ1) is 9.22. The summed E-state index contributed by atoms with van der Waals surface area (Å²) >= 11 is 3.66. The van der Waals surface area contributed by atoms with Crippen LogP contribution in [0, 0.1) is 6.92 Å². The summed E-state index contributed by atoms with van der Waals surface area (Å²) in [5.41, 5.74) is 3.46. The van der Waals surface area contributed by atoms with Crippen LogP contribution in [-0.4, -0.2) is 16.4 Å². The smallest absolute Gasteiger partial charge is 0.150 e. The van der Waals surface area contributed by atoms with Gasteiger partial charge in [0.05, 0.1) is 11.7 Å². The molecular formula is C15H17BrN2O. The van der Waals surface area contributed by atoms with Crippen molar-refractivity contribution in [1.82, 2.24) is 9.78 Å². The molecule has 1 aliphatic heterocycles. The summed E-state index contributed by atoms with van der Waals surface area (Å²) in [7, 11) is 0. The molecule has 100 valence electrons. The van der Waals surface area contributed by atoms with Crippen LogP contribution in [0.5, 0.6) is 0 Å². The molecule has 1 atom stereocenters. The second-order valence-electron chi connectivity index (χ2n) is 4.97. The van der Waals surface area contributed by atoms with E-state index in [1.807, 2.05) is 17.0 Å². The van der Waals surface area contributed by atoms with Gasteiger partial charge in [-0.2, -0.15) is 5.10 Å². The molecule has 0 aliphatic carbocycles. The SMILES string of the molecule is C=Cc1c(C)cc2c(cnn2C2CCCCO2)c1Br. The van der Waals surface area contributed by atoms with E-state index < -0.39 is 0 Å². The average Bonchev–Trinajstić information content (AvgIpc) is 2.84. The zero-order valence-corrected chi connectivity index (χ0v) is 12.6. The number of aryl methyl sites for hydroxylation is 1. The van der Waals surface area contributed by atoms with E-state index in [2.05, 4.69) is 40.6 Å². The maximum atomic E-state index is 5.83. The summed E-state index contributed by atoms with van der Waals surface area (Å²) in [6, 6.07) is 2.17. The largest absolute Gasteiger partial charge is 0.356 e. The molecule has 1 aromatic heterocycles. The molecule has 1 saturated heterocycles. The van der Waals surface area contributed by atoms with Crippen LogP contribution in [0.2, 0.25) is 0 Å². The van der Waals surface area contributed by atoms with Crippen LogP contribution in [-0.2, 0) is 4.74 Å².